The maximum Gasteiger partial charge on any atom is 0.145 e. The van der Waals surface area contributed by atoms with E-state index in [0.717, 1.165) is 28.9 Å². The van der Waals surface area contributed by atoms with Crippen LogP contribution in [0.1, 0.15) is 60.8 Å². The Morgan fingerprint density at radius 2 is 1.89 bits per heavy atom. The number of rotatable bonds is 6. The Morgan fingerprint density at radius 1 is 1.17 bits per heavy atom. The zero-order chi connectivity index (χ0) is 25.0. The number of thiazole rings is 1. The third-order valence-electron chi connectivity index (χ3n) is 7.02. The van der Waals surface area contributed by atoms with Crippen molar-refractivity contribution in [2.75, 3.05) is 0 Å². The van der Waals surface area contributed by atoms with Gasteiger partial charge in [0.2, 0.25) is 0 Å². The first-order chi connectivity index (χ1) is 17.3. The van der Waals surface area contributed by atoms with Crippen molar-refractivity contribution in [1.29, 1.82) is 0 Å². The highest BCUT2D eigenvalue weighted by atomic mass is 79.9. The van der Waals surface area contributed by atoms with E-state index in [9.17, 15) is 9.50 Å². The van der Waals surface area contributed by atoms with Crippen LogP contribution in [0.2, 0.25) is 10.0 Å². The van der Waals surface area contributed by atoms with Crippen molar-refractivity contribution in [1.82, 2.24) is 10.1 Å². The molecule has 0 atom stereocenters. The standard InChI is InChI=1S/C26H22BrCl2FN2O3S/c27-16-10-21-20(11-19(16)30)31-25(36-21)26(33)8-6-14(7-9-26)34-12-15-23(32-35-24(15)13-4-5-13)22-17(28)2-1-3-18(22)29/h1-3,10-11,13-14,33H,4-9,12H2. The van der Waals surface area contributed by atoms with Crippen LogP contribution < -0.4 is 0 Å². The lowest BCUT2D eigenvalue weighted by atomic mass is 9.83. The fraction of sp³-hybridized carbons (Fsp3) is 0.385. The molecule has 0 saturated heterocycles. The van der Waals surface area contributed by atoms with E-state index < -0.39 is 5.60 Å². The molecule has 4 aromatic rings. The molecule has 5 nitrogen and oxygen atoms in total. The molecule has 0 amide bonds. The normalized spacial score (nSPS) is 22.4. The second-order valence-corrected chi connectivity index (χ2v) is 12.2. The zero-order valence-corrected chi connectivity index (χ0v) is 23.0. The van der Waals surface area contributed by atoms with Gasteiger partial charge in [0.15, 0.2) is 0 Å². The molecule has 2 aromatic carbocycles. The molecule has 36 heavy (non-hydrogen) atoms. The Bertz CT molecular complexity index is 1390. The molecule has 0 spiro atoms. The number of aromatic nitrogens is 2. The molecule has 2 heterocycles. The average Bonchev–Trinajstić information content (AvgIpc) is 3.48. The summed E-state index contributed by atoms with van der Waals surface area (Å²) in [5.41, 5.74) is 1.71. The first kappa shape index (κ1) is 24.8. The molecule has 2 saturated carbocycles. The van der Waals surface area contributed by atoms with E-state index in [1.54, 1.807) is 24.3 Å². The third-order valence-corrected chi connectivity index (χ3v) is 9.47. The molecule has 0 unspecified atom stereocenters. The summed E-state index contributed by atoms with van der Waals surface area (Å²) in [6, 6.07) is 8.49. The number of hydrogen-bond donors (Lipinski definition) is 1. The third kappa shape index (κ3) is 4.61. The molecule has 2 aromatic heterocycles. The fourth-order valence-corrected chi connectivity index (χ4v) is 7.03. The Kier molecular flexibility index (Phi) is 6.63. The van der Waals surface area contributed by atoms with Gasteiger partial charge in [-0.1, -0.05) is 34.4 Å². The molecule has 0 bridgehead atoms. The lowest BCUT2D eigenvalue weighted by Gasteiger charge is -2.34. The first-order valence-corrected chi connectivity index (χ1v) is 14.2. The van der Waals surface area contributed by atoms with Crippen molar-refractivity contribution in [3.8, 4) is 11.3 Å². The van der Waals surface area contributed by atoms with E-state index in [0.29, 0.717) is 74.5 Å². The number of benzene rings is 2. The maximum absolute atomic E-state index is 13.9. The lowest BCUT2D eigenvalue weighted by Crippen LogP contribution is -2.34. The predicted molar refractivity (Wildman–Crippen MR) is 142 cm³/mol. The summed E-state index contributed by atoms with van der Waals surface area (Å²) >= 11 is 17.6. The minimum absolute atomic E-state index is 0.0252. The molecule has 10 heteroatoms. The van der Waals surface area contributed by atoms with Gasteiger partial charge in [-0.2, -0.15) is 0 Å². The summed E-state index contributed by atoms with van der Waals surface area (Å²) in [6.07, 6.45) is 4.50. The number of ether oxygens (including phenoxy) is 1. The topological polar surface area (TPSA) is 68.4 Å². The van der Waals surface area contributed by atoms with E-state index in [4.69, 9.17) is 32.5 Å². The number of aliphatic hydroxyl groups is 1. The Balaban J connectivity index is 1.18. The summed E-state index contributed by atoms with van der Waals surface area (Å²) in [6.45, 7) is 0.337. The van der Waals surface area contributed by atoms with E-state index >= 15 is 0 Å². The van der Waals surface area contributed by atoms with Crippen LogP contribution in [0.4, 0.5) is 4.39 Å². The summed E-state index contributed by atoms with van der Waals surface area (Å²) in [5, 5.41) is 17.4. The highest BCUT2D eigenvalue weighted by Crippen LogP contribution is 2.47. The van der Waals surface area contributed by atoms with Gasteiger partial charge in [0.1, 0.15) is 27.9 Å². The van der Waals surface area contributed by atoms with Crippen molar-refractivity contribution >= 4 is 60.7 Å². The Morgan fingerprint density at radius 3 is 2.58 bits per heavy atom. The van der Waals surface area contributed by atoms with E-state index in [1.165, 1.54) is 17.4 Å². The molecule has 188 valence electrons. The summed E-state index contributed by atoms with van der Waals surface area (Å²) < 4.78 is 27.2. The molecular weight excluding hydrogens is 590 g/mol. The van der Waals surface area contributed by atoms with Gasteiger partial charge in [-0.3, -0.25) is 0 Å². The van der Waals surface area contributed by atoms with Gasteiger partial charge in [0, 0.05) is 23.1 Å². The summed E-state index contributed by atoms with van der Waals surface area (Å²) in [7, 11) is 0. The van der Waals surface area contributed by atoms with Crippen LogP contribution in [0.15, 0.2) is 39.3 Å². The minimum Gasteiger partial charge on any atom is -0.383 e. The van der Waals surface area contributed by atoms with Gasteiger partial charge >= 0.3 is 0 Å². The van der Waals surface area contributed by atoms with Gasteiger partial charge in [-0.15, -0.1) is 11.3 Å². The fourth-order valence-electron chi connectivity index (χ4n) is 4.82. The summed E-state index contributed by atoms with van der Waals surface area (Å²) in [5.74, 6) is 0.841. The van der Waals surface area contributed by atoms with Gasteiger partial charge in [-0.05, 0) is 72.7 Å². The monoisotopic (exact) mass is 610 g/mol. The van der Waals surface area contributed by atoms with E-state index in [2.05, 4.69) is 26.1 Å². The quantitative estimate of drug-likeness (QED) is 0.237. The second kappa shape index (κ2) is 9.64. The van der Waals surface area contributed by atoms with Gasteiger partial charge in [-0.25, -0.2) is 9.37 Å². The van der Waals surface area contributed by atoms with Crippen molar-refractivity contribution in [2.24, 2.45) is 0 Å². The molecular formula is C26H22BrCl2FN2O3S. The van der Waals surface area contributed by atoms with Crippen molar-refractivity contribution in [2.45, 2.75) is 62.8 Å². The van der Waals surface area contributed by atoms with Crippen LogP contribution in [0.3, 0.4) is 0 Å². The first-order valence-electron chi connectivity index (χ1n) is 11.9. The number of hydrogen-bond acceptors (Lipinski definition) is 6. The number of nitrogens with zero attached hydrogens (tertiary/aromatic N) is 2. The SMILES string of the molecule is OC1(c2nc3cc(F)c(Br)cc3s2)CCC(OCc2c(-c3c(Cl)cccc3Cl)noc2C2CC2)CC1. The van der Waals surface area contributed by atoms with Gasteiger partial charge in [0.25, 0.3) is 0 Å². The van der Waals surface area contributed by atoms with E-state index in [-0.39, 0.29) is 11.9 Å². The van der Waals surface area contributed by atoms with Crippen molar-refractivity contribution in [3.05, 3.63) is 67.0 Å². The molecule has 6 rings (SSSR count). The van der Waals surface area contributed by atoms with Gasteiger partial charge in [0.05, 0.1) is 37.4 Å². The van der Waals surface area contributed by atoms with Crippen LogP contribution in [-0.4, -0.2) is 21.4 Å². The average molecular weight is 612 g/mol. The molecule has 0 radical (unpaired) electrons. The van der Waals surface area contributed by atoms with Crippen LogP contribution in [0.25, 0.3) is 21.5 Å². The largest absolute Gasteiger partial charge is 0.383 e. The molecule has 1 N–H and O–H groups in total. The highest BCUT2D eigenvalue weighted by molar-refractivity contribution is 9.10. The van der Waals surface area contributed by atoms with E-state index in [1.807, 2.05) is 0 Å². The molecule has 2 aliphatic carbocycles. The number of fused-ring (bicyclic) bond motifs is 1. The zero-order valence-electron chi connectivity index (χ0n) is 19.1. The maximum atomic E-state index is 13.9. The number of halogens is 4. The van der Waals surface area contributed by atoms with Crippen LogP contribution in [-0.2, 0) is 16.9 Å². The molecule has 2 fully saturated rings. The highest BCUT2D eigenvalue weighted by Gasteiger charge is 2.39. The van der Waals surface area contributed by atoms with Crippen LogP contribution in [0, 0.1) is 5.82 Å². The molecule has 0 aliphatic heterocycles. The van der Waals surface area contributed by atoms with Crippen LogP contribution >= 0.6 is 50.5 Å². The summed E-state index contributed by atoms with van der Waals surface area (Å²) in [4.78, 5) is 4.54. The Labute approximate surface area is 229 Å². The lowest BCUT2D eigenvalue weighted by molar-refractivity contribution is -0.0640. The second-order valence-electron chi connectivity index (χ2n) is 9.54. The predicted octanol–water partition coefficient (Wildman–Crippen LogP) is 8.38. The van der Waals surface area contributed by atoms with Gasteiger partial charge < -0.3 is 14.4 Å². The minimum atomic E-state index is -1.04. The van der Waals surface area contributed by atoms with Crippen LogP contribution in [0.5, 0.6) is 0 Å². The van der Waals surface area contributed by atoms with Crippen molar-refractivity contribution < 1.29 is 18.8 Å². The van der Waals surface area contributed by atoms with Crippen molar-refractivity contribution in [3.63, 3.8) is 0 Å². The smallest absolute Gasteiger partial charge is 0.145 e. The molecule has 2 aliphatic rings. The Hall–Kier alpha value is -1.55.